The van der Waals surface area contributed by atoms with Gasteiger partial charge >= 0.3 is 0 Å². The average molecular weight is 290 g/mol. The largest absolute Gasteiger partial charge is 0.444 e. The van der Waals surface area contributed by atoms with Crippen LogP contribution in [0, 0.1) is 25.2 Å². The third kappa shape index (κ3) is 3.39. The number of aliphatic imine (C=N–C) groups is 1. The molecule has 116 valence electrons. The first-order valence-corrected chi connectivity index (χ1v) is 8.08. The second-order valence-corrected chi connectivity index (χ2v) is 6.43. The van der Waals surface area contributed by atoms with E-state index < -0.39 is 0 Å². The van der Waals surface area contributed by atoms with Gasteiger partial charge in [-0.1, -0.05) is 0 Å². The van der Waals surface area contributed by atoms with Crippen molar-refractivity contribution in [2.45, 2.75) is 53.0 Å². The maximum atomic E-state index is 5.58. The quantitative estimate of drug-likeness (QED) is 0.624. The van der Waals surface area contributed by atoms with Gasteiger partial charge in [0.15, 0.2) is 5.96 Å². The van der Waals surface area contributed by atoms with Crippen LogP contribution in [0.4, 0.5) is 0 Å². The number of hydrogen-bond donors (Lipinski definition) is 2. The monoisotopic (exact) mass is 290 g/mol. The summed E-state index contributed by atoms with van der Waals surface area (Å²) in [5.41, 5.74) is 1.52. The Morgan fingerprint density at radius 3 is 2.62 bits per heavy atom. The summed E-state index contributed by atoms with van der Waals surface area (Å²) >= 11 is 0. The number of aryl methyl sites for hydroxylation is 2. The first-order chi connectivity index (χ1) is 10.1. The van der Waals surface area contributed by atoms with Crippen LogP contribution < -0.4 is 10.6 Å². The van der Waals surface area contributed by atoms with Gasteiger partial charge in [-0.25, -0.2) is 9.98 Å². The van der Waals surface area contributed by atoms with Gasteiger partial charge in [0.2, 0.25) is 5.89 Å². The van der Waals surface area contributed by atoms with E-state index >= 15 is 0 Å². The summed E-state index contributed by atoms with van der Waals surface area (Å²) in [5.74, 6) is 3.40. The molecule has 5 heteroatoms. The van der Waals surface area contributed by atoms with E-state index in [1.54, 1.807) is 0 Å². The van der Waals surface area contributed by atoms with Crippen molar-refractivity contribution in [3.8, 4) is 0 Å². The summed E-state index contributed by atoms with van der Waals surface area (Å²) in [5, 5.41) is 6.81. The highest BCUT2D eigenvalue weighted by Crippen LogP contribution is 2.60. The van der Waals surface area contributed by atoms with E-state index in [2.05, 4.69) is 27.5 Å². The Balaban J connectivity index is 1.56. The first-order valence-electron chi connectivity index (χ1n) is 8.08. The van der Waals surface area contributed by atoms with E-state index in [0.717, 1.165) is 36.4 Å². The second-order valence-electron chi connectivity index (χ2n) is 6.43. The van der Waals surface area contributed by atoms with Crippen LogP contribution >= 0.6 is 0 Å². The number of rotatable bonds is 6. The van der Waals surface area contributed by atoms with Crippen molar-refractivity contribution in [3.05, 3.63) is 17.3 Å². The summed E-state index contributed by atoms with van der Waals surface area (Å²) < 4.78 is 5.58. The zero-order chi connectivity index (χ0) is 14.9. The van der Waals surface area contributed by atoms with Gasteiger partial charge in [-0.05, 0) is 57.8 Å². The number of oxazole rings is 1. The molecule has 3 rings (SSSR count). The van der Waals surface area contributed by atoms with Crippen LogP contribution in [0.1, 0.15) is 50.0 Å². The number of nitrogens with one attached hydrogen (secondary N) is 2. The SMILES string of the molecule is CCNC(=NCc1nc(C)c(C)o1)NCC1(C2CC2)CC1. The maximum Gasteiger partial charge on any atom is 0.216 e. The van der Waals surface area contributed by atoms with Gasteiger partial charge in [-0.3, -0.25) is 0 Å². The molecule has 21 heavy (non-hydrogen) atoms. The van der Waals surface area contributed by atoms with E-state index in [9.17, 15) is 0 Å². The van der Waals surface area contributed by atoms with Crippen molar-refractivity contribution >= 4 is 5.96 Å². The molecule has 2 aliphatic carbocycles. The molecule has 1 aromatic rings. The third-order valence-corrected chi connectivity index (χ3v) is 4.73. The number of guanidine groups is 1. The van der Waals surface area contributed by atoms with Crippen molar-refractivity contribution in [3.63, 3.8) is 0 Å². The molecule has 1 aromatic heterocycles. The van der Waals surface area contributed by atoms with E-state index in [1.165, 1.54) is 25.7 Å². The molecule has 0 spiro atoms. The zero-order valence-electron chi connectivity index (χ0n) is 13.3. The predicted molar refractivity (Wildman–Crippen MR) is 83.2 cm³/mol. The number of hydrogen-bond acceptors (Lipinski definition) is 3. The van der Waals surface area contributed by atoms with Crippen LogP contribution in [-0.2, 0) is 6.54 Å². The van der Waals surface area contributed by atoms with Gasteiger partial charge < -0.3 is 15.1 Å². The first kappa shape index (κ1) is 14.4. The van der Waals surface area contributed by atoms with Gasteiger partial charge in [0, 0.05) is 13.1 Å². The molecule has 2 fully saturated rings. The van der Waals surface area contributed by atoms with Gasteiger partial charge in [-0.2, -0.15) is 0 Å². The standard InChI is InChI=1S/C16H26N4O/c1-4-17-15(18-9-14-20-11(2)12(3)21-14)19-10-16(7-8-16)13-5-6-13/h13H,4-10H2,1-3H3,(H2,17,18,19). The summed E-state index contributed by atoms with van der Waals surface area (Å²) in [6, 6.07) is 0. The molecule has 0 saturated heterocycles. The maximum absolute atomic E-state index is 5.58. The molecule has 0 amide bonds. The van der Waals surface area contributed by atoms with Crippen LogP contribution in [0.15, 0.2) is 9.41 Å². The third-order valence-electron chi connectivity index (χ3n) is 4.73. The second kappa shape index (κ2) is 5.70. The molecular weight excluding hydrogens is 264 g/mol. The fraction of sp³-hybridized carbons (Fsp3) is 0.750. The minimum absolute atomic E-state index is 0.487. The van der Waals surface area contributed by atoms with Gasteiger partial charge in [0.1, 0.15) is 12.3 Å². The molecule has 2 N–H and O–H groups in total. The minimum atomic E-state index is 0.487. The van der Waals surface area contributed by atoms with Crippen LogP contribution in [-0.4, -0.2) is 24.0 Å². The number of aromatic nitrogens is 1. The molecule has 1 heterocycles. The van der Waals surface area contributed by atoms with Crippen molar-refractivity contribution in [2.24, 2.45) is 16.3 Å². The fourth-order valence-electron chi connectivity index (χ4n) is 2.94. The van der Waals surface area contributed by atoms with Crippen LogP contribution in [0.2, 0.25) is 0 Å². The lowest BCUT2D eigenvalue weighted by molar-refractivity contribution is 0.430. The van der Waals surface area contributed by atoms with Crippen molar-refractivity contribution in [2.75, 3.05) is 13.1 Å². The summed E-state index contributed by atoms with van der Waals surface area (Å²) in [4.78, 5) is 8.96. The molecule has 5 nitrogen and oxygen atoms in total. The number of nitrogens with zero attached hydrogens (tertiary/aromatic N) is 2. The van der Waals surface area contributed by atoms with Crippen molar-refractivity contribution in [1.29, 1.82) is 0 Å². The van der Waals surface area contributed by atoms with E-state index in [0.29, 0.717) is 17.9 Å². The summed E-state index contributed by atoms with van der Waals surface area (Å²) in [7, 11) is 0. The highest BCUT2D eigenvalue weighted by molar-refractivity contribution is 5.79. The average Bonchev–Trinajstić information content (AvgIpc) is 3.34. The van der Waals surface area contributed by atoms with E-state index in [1.807, 2.05) is 13.8 Å². The Morgan fingerprint density at radius 1 is 1.33 bits per heavy atom. The Morgan fingerprint density at radius 2 is 2.10 bits per heavy atom. The molecule has 2 aliphatic rings. The van der Waals surface area contributed by atoms with E-state index in [4.69, 9.17) is 4.42 Å². The molecule has 0 aliphatic heterocycles. The Kier molecular flexibility index (Phi) is 3.91. The lowest BCUT2D eigenvalue weighted by atomic mass is 10.0. The molecule has 0 aromatic carbocycles. The van der Waals surface area contributed by atoms with Crippen molar-refractivity contribution < 1.29 is 4.42 Å². The molecule has 0 unspecified atom stereocenters. The zero-order valence-corrected chi connectivity index (χ0v) is 13.3. The lowest BCUT2D eigenvalue weighted by Gasteiger charge is -2.17. The van der Waals surface area contributed by atoms with E-state index in [-0.39, 0.29) is 0 Å². The Hall–Kier alpha value is -1.52. The van der Waals surface area contributed by atoms with Gasteiger partial charge in [0.25, 0.3) is 0 Å². The molecule has 2 saturated carbocycles. The highest BCUT2D eigenvalue weighted by atomic mass is 16.4. The predicted octanol–water partition coefficient (Wildman–Crippen LogP) is 2.54. The Labute approximate surface area is 126 Å². The summed E-state index contributed by atoms with van der Waals surface area (Å²) in [6.07, 6.45) is 5.60. The lowest BCUT2D eigenvalue weighted by Crippen LogP contribution is -2.40. The highest BCUT2D eigenvalue weighted by Gasteiger charge is 2.53. The fourth-order valence-corrected chi connectivity index (χ4v) is 2.94. The van der Waals surface area contributed by atoms with Crippen LogP contribution in [0.25, 0.3) is 0 Å². The molecule has 0 radical (unpaired) electrons. The molecular formula is C16H26N4O. The summed E-state index contributed by atoms with van der Waals surface area (Å²) in [6.45, 7) is 8.39. The topological polar surface area (TPSA) is 62.5 Å². The van der Waals surface area contributed by atoms with Gasteiger partial charge in [-0.15, -0.1) is 0 Å². The normalized spacial score (nSPS) is 20.4. The Bertz CT molecular complexity index is 507. The minimum Gasteiger partial charge on any atom is -0.444 e. The smallest absolute Gasteiger partial charge is 0.216 e. The van der Waals surface area contributed by atoms with Crippen LogP contribution in [0.3, 0.4) is 0 Å². The molecule has 0 atom stereocenters. The molecule has 0 bridgehead atoms. The van der Waals surface area contributed by atoms with Crippen LogP contribution in [0.5, 0.6) is 0 Å². The van der Waals surface area contributed by atoms with Crippen molar-refractivity contribution in [1.82, 2.24) is 15.6 Å². The van der Waals surface area contributed by atoms with Gasteiger partial charge in [0.05, 0.1) is 5.69 Å².